The van der Waals surface area contributed by atoms with Crippen LogP contribution in [-0.2, 0) is 12.8 Å². The summed E-state index contributed by atoms with van der Waals surface area (Å²) in [5, 5.41) is 2.08. The van der Waals surface area contributed by atoms with Crippen LogP contribution in [0, 0.1) is 5.92 Å². The molecule has 0 aromatic heterocycles. The van der Waals surface area contributed by atoms with Crippen molar-refractivity contribution in [1.29, 1.82) is 0 Å². The minimum absolute atomic E-state index is 0.292. The summed E-state index contributed by atoms with van der Waals surface area (Å²) >= 11 is 0. The first kappa shape index (κ1) is 19.1. The number of hydrogen-bond donors (Lipinski definition) is 1. The summed E-state index contributed by atoms with van der Waals surface area (Å²) in [5.74, 6) is 8.98. The maximum atomic E-state index is 6.52. The van der Waals surface area contributed by atoms with Gasteiger partial charge >= 0.3 is 0 Å². The molecule has 2 aromatic carbocycles. The molecule has 2 heterocycles. The van der Waals surface area contributed by atoms with Crippen molar-refractivity contribution in [2.45, 2.75) is 69.7 Å². The molecular formula is C26H34N2O. The Morgan fingerprint density at radius 1 is 0.931 bits per heavy atom. The van der Waals surface area contributed by atoms with E-state index in [9.17, 15) is 0 Å². The number of ether oxygens (including phenoxy) is 1. The van der Waals surface area contributed by atoms with Crippen LogP contribution in [0.2, 0.25) is 0 Å². The molecule has 3 nitrogen and oxygen atoms in total. The SMILES string of the molecule is NN1CCC[C@@H](Cc2cc(C3CCCCC3)cc3c2OCC3)[C@H]1c1ccccc1. The second-order valence-electron chi connectivity index (χ2n) is 9.30. The molecule has 1 saturated carbocycles. The Morgan fingerprint density at radius 2 is 1.76 bits per heavy atom. The van der Waals surface area contributed by atoms with Crippen LogP contribution in [0.25, 0.3) is 0 Å². The summed E-state index contributed by atoms with van der Waals surface area (Å²) in [4.78, 5) is 0. The average Bonchev–Trinajstić information content (AvgIpc) is 3.24. The summed E-state index contributed by atoms with van der Waals surface area (Å²) in [7, 11) is 0. The zero-order chi connectivity index (χ0) is 19.6. The Labute approximate surface area is 175 Å². The second kappa shape index (κ2) is 8.49. The molecule has 2 atom stereocenters. The van der Waals surface area contributed by atoms with Gasteiger partial charge in [0.15, 0.2) is 0 Å². The lowest BCUT2D eigenvalue weighted by Gasteiger charge is -2.39. The van der Waals surface area contributed by atoms with Gasteiger partial charge in [0.1, 0.15) is 5.75 Å². The molecular weight excluding hydrogens is 356 g/mol. The molecule has 2 N–H and O–H groups in total. The van der Waals surface area contributed by atoms with Crippen LogP contribution < -0.4 is 10.6 Å². The lowest BCUT2D eigenvalue weighted by molar-refractivity contribution is 0.0922. The minimum atomic E-state index is 0.292. The van der Waals surface area contributed by atoms with Crippen molar-refractivity contribution in [1.82, 2.24) is 5.01 Å². The monoisotopic (exact) mass is 390 g/mol. The number of nitrogens with zero attached hydrogens (tertiary/aromatic N) is 1. The molecule has 2 aromatic rings. The van der Waals surface area contributed by atoms with Crippen molar-refractivity contribution in [3.05, 3.63) is 64.7 Å². The maximum Gasteiger partial charge on any atom is 0.125 e. The van der Waals surface area contributed by atoms with Crippen molar-refractivity contribution in [3.8, 4) is 5.75 Å². The molecule has 0 spiro atoms. The normalized spacial score (nSPS) is 25.6. The van der Waals surface area contributed by atoms with E-state index in [2.05, 4.69) is 47.5 Å². The van der Waals surface area contributed by atoms with E-state index < -0.39 is 0 Å². The van der Waals surface area contributed by atoms with Crippen molar-refractivity contribution >= 4 is 0 Å². The number of hydrogen-bond acceptors (Lipinski definition) is 3. The third-order valence-corrected chi connectivity index (χ3v) is 7.38. The summed E-state index contributed by atoms with van der Waals surface area (Å²) in [6, 6.07) is 16.1. The highest BCUT2D eigenvalue weighted by atomic mass is 16.5. The molecule has 0 bridgehead atoms. The second-order valence-corrected chi connectivity index (χ2v) is 9.30. The molecule has 29 heavy (non-hydrogen) atoms. The highest BCUT2D eigenvalue weighted by Crippen LogP contribution is 2.42. The summed E-state index contributed by atoms with van der Waals surface area (Å²) in [6.07, 6.45) is 11.4. The van der Waals surface area contributed by atoms with Crippen molar-refractivity contribution in [3.63, 3.8) is 0 Å². The van der Waals surface area contributed by atoms with Gasteiger partial charge in [0.05, 0.1) is 12.6 Å². The van der Waals surface area contributed by atoms with E-state index >= 15 is 0 Å². The highest BCUT2D eigenvalue weighted by Gasteiger charge is 2.33. The molecule has 154 valence electrons. The molecule has 3 heteroatoms. The van der Waals surface area contributed by atoms with Crippen LogP contribution in [0.3, 0.4) is 0 Å². The molecule has 3 aliphatic rings. The van der Waals surface area contributed by atoms with Gasteiger partial charge in [-0.1, -0.05) is 61.7 Å². The van der Waals surface area contributed by atoms with Crippen molar-refractivity contribution in [2.24, 2.45) is 11.8 Å². The van der Waals surface area contributed by atoms with Gasteiger partial charge in [-0.25, -0.2) is 5.01 Å². The number of fused-ring (bicyclic) bond motifs is 1. The third kappa shape index (κ3) is 3.95. The molecule has 2 aliphatic heterocycles. The van der Waals surface area contributed by atoms with E-state index in [1.807, 2.05) is 0 Å². The molecule has 0 unspecified atom stereocenters. The molecule has 0 amide bonds. The van der Waals surface area contributed by atoms with Gasteiger partial charge < -0.3 is 4.74 Å². The van der Waals surface area contributed by atoms with Crippen LogP contribution in [-0.4, -0.2) is 18.2 Å². The van der Waals surface area contributed by atoms with Crippen LogP contribution in [0.1, 0.15) is 79.2 Å². The fourth-order valence-corrected chi connectivity index (χ4v) is 5.95. The van der Waals surface area contributed by atoms with Crippen molar-refractivity contribution < 1.29 is 4.74 Å². The predicted molar refractivity (Wildman–Crippen MR) is 118 cm³/mol. The van der Waals surface area contributed by atoms with Gasteiger partial charge in [-0.15, -0.1) is 0 Å². The Bertz CT molecular complexity index is 828. The van der Waals surface area contributed by atoms with E-state index in [1.165, 1.54) is 67.4 Å². The van der Waals surface area contributed by atoms with E-state index in [-0.39, 0.29) is 0 Å². The van der Waals surface area contributed by atoms with Crippen LogP contribution in [0.15, 0.2) is 42.5 Å². The minimum Gasteiger partial charge on any atom is -0.493 e. The van der Waals surface area contributed by atoms with Gasteiger partial charge in [0.25, 0.3) is 0 Å². The van der Waals surface area contributed by atoms with Gasteiger partial charge in [0, 0.05) is 13.0 Å². The van der Waals surface area contributed by atoms with E-state index in [4.69, 9.17) is 10.6 Å². The summed E-state index contributed by atoms with van der Waals surface area (Å²) in [5.41, 5.74) is 5.79. The lowest BCUT2D eigenvalue weighted by Crippen LogP contribution is -2.44. The van der Waals surface area contributed by atoms with Crippen molar-refractivity contribution in [2.75, 3.05) is 13.2 Å². The smallest absolute Gasteiger partial charge is 0.125 e. The van der Waals surface area contributed by atoms with E-state index in [0.29, 0.717) is 12.0 Å². The number of piperidine rings is 1. The fraction of sp³-hybridized carbons (Fsp3) is 0.538. The first-order valence-corrected chi connectivity index (χ1v) is 11.6. The van der Waals surface area contributed by atoms with Gasteiger partial charge in [-0.05, 0) is 66.2 Å². The van der Waals surface area contributed by atoms with Gasteiger partial charge in [-0.3, -0.25) is 5.84 Å². The Morgan fingerprint density at radius 3 is 2.59 bits per heavy atom. The molecule has 0 radical (unpaired) electrons. The first-order valence-electron chi connectivity index (χ1n) is 11.6. The third-order valence-electron chi connectivity index (χ3n) is 7.38. The highest BCUT2D eigenvalue weighted by molar-refractivity contribution is 5.48. The average molecular weight is 391 g/mol. The molecule has 1 aliphatic carbocycles. The predicted octanol–water partition coefficient (Wildman–Crippen LogP) is 5.54. The van der Waals surface area contributed by atoms with E-state index in [1.54, 1.807) is 5.56 Å². The number of rotatable bonds is 4. The van der Waals surface area contributed by atoms with Crippen LogP contribution in [0.5, 0.6) is 5.75 Å². The van der Waals surface area contributed by atoms with Gasteiger partial charge in [-0.2, -0.15) is 0 Å². The molecule has 1 saturated heterocycles. The summed E-state index contributed by atoms with van der Waals surface area (Å²) < 4.78 is 6.14. The van der Waals surface area contributed by atoms with Gasteiger partial charge in [0.2, 0.25) is 0 Å². The van der Waals surface area contributed by atoms with Crippen LogP contribution >= 0.6 is 0 Å². The zero-order valence-electron chi connectivity index (χ0n) is 17.5. The van der Waals surface area contributed by atoms with E-state index in [0.717, 1.165) is 31.9 Å². The summed E-state index contributed by atoms with van der Waals surface area (Å²) in [6.45, 7) is 1.82. The van der Waals surface area contributed by atoms with Crippen LogP contribution in [0.4, 0.5) is 0 Å². The Kier molecular flexibility index (Phi) is 5.61. The molecule has 5 rings (SSSR count). The quantitative estimate of drug-likeness (QED) is 0.697. The lowest BCUT2D eigenvalue weighted by atomic mass is 9.79. The fourth-order valence-electron chi connectivity index (χ4n) is 5.95. The number of nitrogens with two attached hydrogens (primary N) is 1. The standard InChI is InChI=1S/C26H34N2O/c27-28-14-7-12-21(25(28)20-10-5-2-6-11-20)16-24-18-23(19-8-3-1-4-9-19)17-22-13-15-29-26(22)24/h2,5-6,10-11,17-19,21,25H,1,3-4,7-9,12-16,27H2/t21-,25+/m0/s1. The zero-order valence-corrected chi connectivity index (χ0v) is 17.5. The first-order chi connectivity index (χ1) is 14.3. The largest absolute Gasteiger partial charge is 0.493 e. The molecule has 2 fully saturated rings. The number of benzene rings is 2. The maximum absolute atomic E-state index is 6.52. The number of hydrazine groups is 1. The topological polar surface area (TPSA) is 38.5 Å². The Hall–Kier alpha value is -1.84. The Balaban J connectivity index is 1.46.